The Hall–Kier alpha value is -9.57. The van der Waals surface area contributed by atoms with Crippen molar-refractivity contribution >= 4 is 128 Å². The number of para-hydroxylation sites is 4. The summed E-state index contributed by atoms with van der Waals surface area (Å²) in [5, 5.41) is 31.1. The number of thiophene rings is 1. The van der Waals surface area contributed by atoms with Gasteiger partial charge in [0.2, 0.25) is 0 Å². The number of anilines is 3. The van der Waals surface area contributed by atoms with Crippen molar-refractivity contribution in [2.24, 2.45) is 0 Å². The van der Waals surface area contributed by atoms with Gasteiger partial charge < -0.3 is 14.0 Å². The van der Waals surface area contributed by atoms with Gasteiger partial charge in [0.1, 0.15) is 23.3 Å². The molecule has 3 aromatic heterocycles. The van der Waals surface area contributed by atoms with Gasteiger partial charge in [0.15, 0.2) is 0 Å². The average molecular weight is 1000 g/mol. The van der Waals surface area contributed by atoms with Crippen LogP contribution in [0, 0.1) is 22.7 Å². The van der Waals surface area contributed by atoms with Crippen LogP contribution < -0.4 is 21.3 Å². The molecule has 16 rings (SSSR count). The Balaban J connectivity index is 1.04. The van der Waals surface area contributed by atoms with E-state index in [2.05, 4.69) is 232 Å². The Bertz CT molecular complexity index is 4950. The Morgan fingerprint density at radius 3 is 1.78 bits per heavy atom. The van der Waals surface area contributed by atoms with Crippen LogP contribution >= 0.6 is 24.0 Å². The molecule has 0 atom stereocenters. The van der Waals surface area contributed by atoms with E-state index in [9.17, 15) is 10.5 Å². The number of benzene rings is 11. The summed E-state index contributed by atoms with van der Waals surface area (Å²) >= 11 is 6.66. The van der Waals surface area contributed by atoms with Crippen molar-refractivity contribution in [3.05, 3.63) is 236 Å². The van der Waals surface area contributed by atoms with Gasteiger partial charge in [-0.2, -0.15) is 10.5 Å². The molecular weight excluding hydrogens is 962 g/mol. The first kappa shape index (κ1) is 42.9. The summed E-state index contributed by atoms with van der Waals surface area (Å²) in [6.45, 7) is -0.263. The fourth-order valence-corrected chi connectivity index (χ4v) is 14.3. The Morgan fingerprint density at radius 2 is 0.987 bits per heavy atom. The van der Waals surface area contributed by atoms with Gasteiger partial charge in [0.05, 0.1) is 33.6 Å². The van der Waals surface area contributed by atoms with E-state index >= 15 is 0 Å². The highest BCUT2D eigenvalue weighted by Gasteiger charge is 2.46. The zero-order valence-electron chi connectivity index (χ0n) is 40.5. The standard InChI is InChI=1S/C68H38BN5S2/c70-38-53-65(54(39-71)68-64-67(53)72(45-16-2-1-3-17-45)60-25-9-7-22-55(60)69(64)56-23-13-21-49-47-19-4-8-24-57(47)74(68)66(49)56)73-58-31-28-41(40-14-12-15-44(34-40)46-18-5-10-26-61(46)75)35-50(58)51-36-42(29-32-59(51)73)43-30-33-63-52(37-43)48-20-6-11-27-62(48)76-63/h1-37,75H. The third-order valence-corrected chi connectivity index (χ3v) is 17.6. The molecule has 0 radical (unpaired) electrons. The quantitative estimate of drug-likeness (QED) is 0.138. The SMILES string of the molecule is N#Cc1c2c3c(c(C#N)c1-n1c4ccc(-c5cccc(-c6ccccc6S)c5)cc4c4cc(-c5ccc6sc7ccccc7c6c5)ccc41)-n1c4ccccc4c4cccc(c41)B3c1ccccc1N2c1ccccc1. The lowest BCUT2D eigenvalue weighted by atomic mass is 9.33. The van der Waals surface area contributed by atoms with Crippen LogP contribution in [0.25, 0.3) is 109 Å². The number of nitriles is 2. The van der Waals surface area contributed by atoms with Crippen LogP contribution in [0.3, 0.4) is 0 Å². The highest BCUT2D eigenvalue weighted by Crippen LogP contribution is 2.49. The van der Waals surface area contributed by atoms with Gasteiger partial charge in [-0.1, -0.05) is 146 Å². The normalized spacial score (nSPS) is 12.5. The molecule has 0 N–H and O–H groups in total. The predicted molar refractivity (Wildman–Crippen MR) is 320 cm³/mol. The molecule has 0 saturated heterocycles. The second-order valence-corrected chi connectivity index (χ2v) is 21.5. The van der Waals surface area contributed by atoms with Gasteiger partial charge in [-0.05, 0) is 129 Å². The number of rotatable bonds is 5. The number of fused-ring (bicyclic) bond motifs is 13. The molecule has 2 aliphatic rings. The zero-order valence-corrected chi connectivity index (χ0v) is 42.2. The molecule has 0 fully saturated rings. The van der Waals surface area contributed by atoms with Gasteiger partial charge >= 0.3 is 0 Å². The summed E-state index contributed by atoms with van der Waals surface area (Å²) in [4.78, 5) is 3.19. The minimum atomic E-state index is -0.263. The highest BCUT2D eigenvalue weighted by molar-refractivity contribution is 7.80. The van der Waals surface area contributed by atoms with Gasteiger partial charge in [-0.15, -0.1) is 24.0 Å². The number of aromatic nitrogens is 2. The molecule has 5 heterocycles. The maximum atomic E-state index is 12.2. The monoisotopic (exact) mass is 999 g/mol. The van der Waals surface area contributed by atoms with Crippen LogP contribution in [0.15, 0.2) is 229 Å². The number of hydrogen-bond donors (Lipinski definition) is 1. The fourth-order valence-electron chi connectivity index (χ4n) is 12.9. The number of thiol groups is 1. The Kier molecular flexibility index (Phi) is 9.15. The molecule has 76 heavy (non-hydrogen) atoms. The van der Waals surface area contributed by atoms with Crippen LogP contribution in [0.2, 0.25) is 0 Å². The van der Waals surface area contributed by atoms with E-state index in [0.29, 0.717) is 16.8 Å². The lowest BCUT2D eigenvalue weighted by Gasteiger charge is -2.41. The molecule has 14 aromatic rings. The molecule has 0 bridgehead atoms. The number of nitrogens with zero attached hydrogens (tertiary/aromatic N) is 5. The minimum Gasteiger partial charge on any atom is -0.310 e. The summed E-state index contributed by atoms with van der Waals surface area (Å²) in [6, 6.07) is 85.4. The van der Waals surface area contributed by atoms with Gasteiger partial charge in [0, 0.05) is 63.5 Å². The van der Waals surface area contributed by atoms with Crippen molar-refractivity contribution in [3.8, 4) is 56.9 Å². The second-order valence-electron chi connectivity index (χ2n) is 19.9. The average Bonchev–Trinajstić information content (AvgIpc) is 4.30. The van der Waals surface area contributed by atoms with Crippen LogP contribution in [0.1, 0.15) is 11.1 Å². The molecular formula is C68H38BN5S2. The van der Waals surface area contributed by atoms with Crippen molar-refractivity contribution in [2.75, 3.05) is 4.90 Å². The van der Waals surface area contributed by atoms with Crippen LogP contribution in [0.5, 0.6) is 0 Å². The molecule has 0 unspecified atom stereocenters. The van der Waals surface area contributed by atoms with E-state index in [1.807, 2.05) is 29.5 Å². The molecule has 0 aliphatic carbocycles. The molecule has 0 spiro atoms. The van der Waals surface area contributed by atoms with Crippen molar-refractivity contribution in [3.63, 3.8) is 0 Å². The summed E-state index contributed by atoms with van der Waals surface area (Å²) < 4.78 is 7.08. The van der Waals surface area contributed by atoms with Gasteiger partial charge in [-0.3, -0.25) is 0 Å². The van der Waals surface area contributed by atoms with E-state index in [1.165, 1.54) is 20.2 Å². The van der Waals surface area contributed by atoms with Crippen molar-refractivity contribution in [1.82, 2.24) is 9.13 Å². The van der Waals surface area contributed by atoms with E-state index in [0.717, 1.165) is 121 Å². The molecule has 2 aliphatic heterocycles. The summed E-state index contributed by atoms with van der Waals surface area (Å²) in [5.41, 5.74) is 18.5. The zero-order chi connectivity index (χ0) is 50.3. The van der Waals surface area contributed by atoms with E-state index in [4.69, 9.17) is 12.6 Å². The van der Waals surface area contributed by atoms with Gasteiger partial charge in [0.25, 0.3) is 6.71 Å². The van der Waals surface area contributed by atoms with Crippen molar-refractivity contribution in [1.29, 1.82) is 10.5 Å². The summed E-state index contributed by atoms with van der Waals surface area (Å²) in [6.07, 6.45) is 0. The number of hydrogen-bond acceptors (Lipinski definition) is 5. The maximum Gasteiger partial charge on any atom is 0.252 e. The summed E-state index contributed by atoms with van der Waals surface area (Å²) in [5.74, 6) is 0. The molecule has 5 nitrogen and oxygen atoms in total. The smallest absolute Gasteiger partial charge is 0.252 e. The third-order valence-electron chi connectivity index (χ3n) is 16.1. The Morgan fingerprint density at radius 1 is 0.408 bits per heavy atom. The topological polar surface area (TPSA) is 60.7 Å². The van der Waals surface area contributed by atoms with E-state index < -0.39 is 0 Å². The van der Waals surface area contributed by atoms with Crippen LogP contribution in [0.4, 0.5) is 17.1 Å². The van der Waals surface area contributed by atoms with Crippen molar-refractivity contribution in [2.45, 2.75) is 4.90 Å². The lowest BCUT2D eigenvalue weighted by Crippen LogP contribution is -2.61. The Labute approximate surface area is 447 Å². The predicted octanol–water partition coefficient (Wildman–Crippen LogP) is 15.9. The fraction of sp³-hybridized carbons (Fsp3) is 0. The molecule has 0 saturated carbocycles. The first-order valence-corrected chi connectivity index (χ1v) is 26.7. The lowest BCUT2D eigenvalue weighted by molar-refractivity contribution is 1.10. The van der Waals surface area contributed by atoms with Crippen molar-refractivity contribution < 1.29 is 0 Å². The highest BCUT2D eigenvalue weighted by atomic mass is 32.1. The maximum absolute atomic E-state index is 12.2. The molecule has 11 aromatic carbocycles. The van der Waals surface area contributed by atoms with E-state index in [1.54, 1.807) is 0 Å². The van der Waals surface area contributed by atoms with E-state index in [-0.39, 0.29) is 6.71 Å². The molecule has 0 amide bonds. The minimum absolute atomic E-state index is 0.263. The molecule has 350 valence electrons. The largest absolute Gasteiger partial charge is 0.310 e. The first-order chi connectivity index (χ1) is 37.6. The molecule has 8 heteroatoms. The van der Waals surface area contributed by atoms with Gasteiger partial charge in [-0.25, -0.2) is 0 Å². The first-order valence-electron chi connectivity index (χ1n) is 25.5. The third kappa shape index (κ3) is 5.91. The van der Waals surface area contributed by atoms with Crippen LogP contribution in [-0.4, -0.2) is 15.8 Å². The summed E-state index contributed by atoms with van der Waals surface area (Å²) in [7, 11) is 0. The van der Waals surface area contributed by atoms with Crippen LogP contribution in [-0.2, 0) is 0 Å². The second kappa shape index (κ2) is 16.2.